The van der Waals surface area contributed by atoms with E-state index in [0.717, 1.165) is 32.1 Å². The predicted octanol–water partition coefficient (Wildman–Crippen LogP) is 3.88. The largest absolute Gasteiger partial charge is 0.383 e. The van der Waals surface area contributed by atoms with Crippen molar-refractivity contribution in [2.45, 2.75) is 25.2 Å². The predicted molar refractivity (Wildman–Crippen MR) is 77.0 cm³/mol. The molecule has 0 fully saturated rings. The van der Waals surface area contributed by atoms with Gasteiger partial charge in [0, 0.05) is 23.7 Å². The van der Waals surface area contributed by atoms with Crippen molar-refractivity contribution in [3.05, 3.63) is 24.3 Å². The highest BCUT2D eigenvalue weighted by Gasteiger charge is 1.96. The van der Waals surface area contributed by atoms with Gasteiger partial charge in [-0.15, -0.1) is 11.8 Å². The van der Waals surface area contributed by atoms with Gasteiger partial charge in [0.1, 0.15) is 0 Å². The zero-order valence-electron chi connectivity index (χ0n) is 11.0. The smallest absolute Gasteiger partial charge is 0.0639 e. The second-order valence-electron chi connectivity index (χ2n) is 4.45. The number of thioether (sulfide) groups is 1. The van der Waals surface area contributed by atoms with Crippen LogP contribution in [0.4, 0.5) is 5.69 Å². The summed E-state index contributed by atoms with van der Waals surface area (Å²) < 4.78 is 5.56. The molecule has 96 valence electrons. The average molecular weight is 253 g/mol. The van der Waals surface area contributed by atoms with Gasteiger partial charge in [-0.05, 0) is 36.8 Å². The van der Waals surface area contributed by atoms with Crippen molar-refractivity contribution in [2.75, 3.05) is 31.3 Å². The standard InChI is InChI=1S/C14H23NOS/c1-12(2)7-9-16-10-8-15-13-5-4-6-14(11-13)17-3/h4-6,11-12,15H,7-10H2,1-3H3. The summed E-state index contributed by atoms with van der Waals surface area (Å²) >= 11 is 1.76. The molecule has 0 saturated heterocycles. The molecule has 0 atom stereocenters. The zero-order chi connectivity index (χ0) is 12.5. The summed E-state index contributed by atoms with van der Waals surface area (Å²) in [6.07, 6.45) is 3.23. The second-order valence-corrected chi connectivity index (χ2v) is 5.33. The summed E-state index contributed by atoms with van der Waals surface area (Å²) in [6, 6.07) is 8.45. The van der Waals surface area contributed by atoms with Crippen LogP contribution in [0.2, 0.25) is 0 Å². The highest BCUT2D eigenvalue weighted by molar-refractivity contribution is 7.98. The van der Waals surface area contributed by atoms with Gasteiger partial charge in [0.2, 0.25) is 0 Å². The van der Waals surface area contributed by atoms with Crippen LogP contribution >= 0.6 is 11.8 Å². The normalized spacial score (nSPS) is 10.8. The Kier molecular flexibility index (Phi) is 7.13. The van der Waals surface area contributed by atoms with Gasteiger partial charge in [0.05, 0.1) is 6.61 Å². The van der Waals surface area contributed by atoms with Crippen molar-refractivity contribution in [2.24, 2.45) is 5.92 Å². The lowest BCUT2D eigenvalue weighted by atomic mass is 10.1. The number of rotatable bonds is 8. The van der Waals surface area contributed by atoms with Gasteiger partial charge < -0.3 is 10.1 Å². The maximum absolute atomic E-state index is 5.56. The lowest BCUT2D eigenvalue weighted by molar-refractivity contribution is 0.132. The maximum atomic E-state index is 5.56. The molecular formula is C14H23NOS. The zero-order valence-corrected chi connectivity index (χ0v) is 11.8. The molecule has 1 N–H and O–H groups in total. The van der Waals surface area contributed by atoms with Gasteiger partial charge in [-0.25, -0.2) is 0 Å². The van der Waals surface area contributed by atoms with Crippen molar-refractivity contribution in [3.63, 3.8) is 0 Å². The van der Waals surface area contributed by atoms with Gasteiger partial charge in [0.15, 0.2) is 0 Å². The number of ether oxygens (including phenoxy) is 1. The maximum Gasteiger partial charge on any atom is 0.0639 e. The van der Waals surface area contributed by atoms with Crippen molar-refractivity contribution in [1.29, 1.82) is 0 Å². The van der Waals surface area contributed by atoms with Crippen LogP contribution in [0.3, 0.4) is 0 Å². The third kappa shape index (κ3) is 6.59. The number of hydrogen-bond acceptors (Lipinski definition) is 3. The Hall–Kier alpha value is -0.670. The lowest BCUT2D eigenvalue weighted by Gasteiger charge is -2.09. The number of benzene rings is 1. The lowest BCUT2D eigenvalue weighted by Crippen LogP contribution is -2.10. The van der Waals surface area contributed by atoms with Gasteiger partial charge in [-0.3, -0.25) is 0 Å². The molecule has 0 amide bonds. The summed E-state index contributed by atoms with van der Waals surface area (Å²) in [4.78, 5) is 1.29. The van der Waals surface area contributed by atoms with Gasteiger partial charge in [0.25, 0.3) is 0 Å². The van der Waals surface area contributed by atoms with E-state index in [0.29, 0.717) is 0 Å². The molecule has 0 heterocycles. The van der Waals surface area contributed by atoms with E-state index in [1.807, 2.05) is 0 Å². The Bertz CT molecular complexity index is 315. The second kappa shape index (κ2) is 8.43. The molecule has 17 heavy (non-hydrogen) atoms. The van der Waals surface area contributed by atoms with E-state index in [1.54, 1.807) is 11.8 Å². The molecular weight excluding hydrogens is 230 g/mol. The Morgan fingerprint density at radius 1 is 1.29 bits per heavy atom. The van der Waals surface area contributed by atoms with E-state index in [9.17, 15) is 0 Å². The fourth-order valence-electron chi connectivity index (χ4n) is 1.42. The number of hydrogen-bond donors (Lipinski definition) is 1. The van der Waals surface area contributed by atoms with Crippen LogP contribution < -0.4 is 5.32 Å². The topological polar surface area (TPSA) is 21.3 Å². The molecule has 0 spiro atoms. The van der Waals surface area contributed by atoms with Gasteiger partial charge >= 0.3 is 0 Å². The summed E-state index contributed by atoms with van der Waals surface area (Å²) in [5.41, 5.74) is 1.17. The fraction of sp³-hybridized carbons (Fsp3) is 0.571. The number of anilines is 1. The monoisotopic (exact) mass is 253 g/mol. The van der Waals surface area contributed by atoms with Crippen LogP contribution in [0.5, 0.6) is 0 Å². The molecule has 0 aliphatic rings. The quantitative estimate of drug-likeness (QED) is 0.561. The molecule has 1 aromatic carbocycles. The minimum Gasteiger partial charge on any atom is -0.383 e. The Morgan fingerprint density at radius 3 is 2.82 bits per heavy atom. The van der Waals surface area contributed by atoms with Gasteiger partial charge in [-0.1, -0.05) is 19.9 Å². The Labute approximate surface area is 109 Å². The first-order chi connectivity index (χ1) is 8.22. The molecule has 0 aromatic heterocycles. The molecule has 0 unspecified atom stereocenters. The minimum absolute atomic E-state index is 0.723. The molecule has 3 heteroatoms. The molecule has 1 rings (SSSR count). The van der Waals surface area contributed by atoms with Crippen LogP contribution in [0.15, 0.2) is 29.2 Å². The van der Waals surface area contributed by atoms with Crippen LogP contribution in [-0.2, 0) is 4.74 Å². The third-order valence-electron chi connectivity index (χ3n) is 2.48. The summed E-state index contributed by atoms with van der Waals surface area (Å²) in [5, 5.41) is 3.37. The molecule has 2 nitrogen and oxygen atoms in total. The highest BCUT2D eigenvalue weighted by Crippen LogP contribution is 2.18. The molecule has 0 bridgehead atoms. The van der Waals surface area contributed by atoms with Crippen LogP contribution in [0, 0.1) is 5.92 Å². The molecule has 0 aliphatic heterocycles. The SMILES string of the molecule is CSc1cccc(NCCOCCC(C)C)c1. The number of nitrogens with one attached hydrogen (secondary N) is 1. The first-order valence-electron chi connectivity index (χ1n) is 6.18. The van der Waals surface area contributed by atoms with E-state index in [4.69, 9.17) is 4.74 Å². The third-order valence-corrected chi connectivity index (χ3v) is 3.21. The van der Waals surface area contributed by atoms with Crippen molar-refractivity contribution < 1.29 is 4.74 Å². The highest BCUT2D eigenvalue weighted by atomic mass is 32.2. The van der Waals surface area contributed by atoms with Crippen molar-refractivity contribution in [3.8, 4) is 0 Å². The Balaban J connectivity index is 2.13. The van der Waals surface area contributed by atoms with E-state index in [-0.39, 0.29) is 0 Å². The van der Waals surface area contributed by atoms with Crippen LogP contribution in [0.25, 0.3) is 0 Å². The Morgan fingerprint density at radius 2 is 2.12 bits per heavy atom. The first kappa shape index (κ1) is 14.4. The average Bonchev–Trinajstić information content (AvgIpc) is 2.33. The summed E-state index contributed by atoms with van der Waals surface area (Å²) in [5.74, 6) is 0.723. The van der Waals surface area contributed by atoms with Crippen molar-refractivity contribution in [1.82, 2.24) is 0 Å². The molecule has 0 saturated carbocycles. The van der Waals surface area contributed by atoms with Crippen LogP contribution in [-0.4, -0.2) is 26.0 Å². The fourth-order valence-corrected chi connectivity index (χ4v) is 1.88. The molecule has 0 radical (unpaired) electrons. The van der Waals surface area contributed by atoms with E-state index >= 15 is 0 Å². The first-order valence-corrected chi connectivity index (χ1v) is 7.40. The van der Waals surface area contributed by atoms with Crippen LogP contribution in [0.1, 0.15) is 20.3 Å². The molecule has 1 aromatic rings. The summed E-state index contributed by atoms with van der Waals surface area (Å²) in [6.45, 7) is 6.95. The molecule has 0 aliphatic carbocycles. The van der Waals surface area contributed by atoms with Gasteiger partial charge in [-0.2, -0.15) is 0 Å². The minimum atomic E-state index is 0.723. The van der Waals surface area contributed by atoms with E-state index in [1.165, 1.54) is 10.6 Å². The summed E-state index contributed by atoms with van der Waals surface area (Å²) in [7, 11) is 0. The van der Waals surface area contributed by atoms with Crippen molar-refractivity contribution >= 4 is 17.4 Å². The van der Waals surface area contributed by atoms with E-state index in [2.05, 4.69) is 49.7 Å². The van der Waals surface area contributed by atoms with E-state index < -0.39 is 0 Å².